The number of thiazole rings is 1. The van der Waals surface area contributed by atoms with Gasteiger partial charge in [0.2, 0.25) is 17.1 Å². The zero-order valence-electron chi connectivity index (χ0n) is 16.8. The number of anilines is 2. The first kappa shape index (κ1) is 20.6. The lowest BCUT2D eigenvalue weighted by molar-refractivity contribution is -0.120. The van der Waals surface area contributed by atoms with Crippen LogP contribution in [-0.4, -0.2) is 36.3 Å². The van der Waals surface area contributed by atoms with Crippen LogP contribution in [0.3, 0.4) is 0 Å². The molecule has 0 bridgehead atoms. The summed E-state index contributed by atoms with van der Waals surface area (Å²) in [6, 6.07) is 5.20. The molecule has 3 heterocycles. The van der Waals surface area contributed by atoms with Crippen LogP contribution in [-0.2, 0) is 4.79 Å². The maximum absolute atomic E-state index is 12.8. The molecule has 1 aliphatic carbocycles. The predicted molar refractivity (Wildman–Crippen MR) is 123 cm³/mol. The van der Waals surface area contributed by atoms with Gasteiger partial charge in [0.15, 0.2) is 16.6 Å². The first-order valence-corrected chi connectivity index (χ1v) is 11.3. The topological polar surface area (TPSA) is 155 Å². The summed E-state index contributed by atoms with van der Waals surface area (Å²) in [4.78, 5) is 41.2. The first-order valence-electron chi connectivity index (χ1n) is 10.1. The first-order chi connectivity index (χ1) is 15.4. The van der Waals surface area contributed by atoms with Crippen LogP contribution in [0.25, 0.3) is 21.4 Å². The quantitative estimate of drug-likeness (QED) is 0.387. The lowest BCUT2D eigenvalue weighted by Crippen LogP contribution is -2.28. The molecule has 12 heteroatoms. The number of nitrogen functional groups attached to an aromatic ring is 1. The van der Waals surface area contributed by atoms with Gasteiger partial charge in [0.25, 0.3) is 0 Å². The minimum absolute atomic E-state index is 0.0530. The molecular formula is C20H19ClN8O2S. The molecule has 3 aromatic heterocycles. The van der Waals surface area contributed by atoms with Crippen molar-refractivity contribution >= 4 is 67.1 Å². The second-order valence-electron chi connectivity index (χ2n) is 7.76. The van der Waals surface area contributed by atoms with Crippen molar-refractivity contribution in [2.45, 2.75) is 31.7 Å². The van der Waals surface area contributed by atoms with Crippen LogP contribution < -0.4 is 16.8 Å². The molecule has 0 spiro atoms. The summed E-state index contributed by atoms with van der Waals surface area (Å²) in [6.45, 7) is 0. The number of hydrogen-bond acceptors (Lipinski definition) is 8. The van der Waals surface area contributed by atoms with Crippen LogP contribution in [0.15, 0.2) is 24.5 Å². The Bertz CT molecular complexity index is 1360. The molecule has 0 atom stereocenters. The van der Waals surface area contributed by atoms with Gasteiger partial charge in [-0.3, -0.25) is 9.59 Å². The monoisotopic (exact) mass is 470 g/mol. The third kappa shape index (κ3) is 3.73. The van der Waals surface area contributed by atoms with Gasteiger partial charge in [-0.05, 0) is 55.5 Å². The molecule has 10 nitrogen and oxygen atoms in total. The number of halogens is 1. The van der Waals surface area contributed by atoms with Gasteiger partial charge in [0.05, 0.1) is 16.5 Å². The summed E-state index contributed by atoms with van der Waals surface area (Å²) in [7, 11) is 0. The predicted octanol–water partition coefficient (Wildman–Crippen LogP) is 3.14. The van der Waals surface area contributed by atoms with Crippen molar-refractivity contribution in [3.05, 3.63) is 35.4 Å². The number of nitrogens with one attached hydrogen (secondary N) is 1. The highest BCUT2D eigenvalue weighted by atomic mass is 35.5. The van der Waals surface area contributed by atoms with E-state index < -0.39 is 5.91 Å². The van der Waals surface area contributed by atoms with Crippen molar-refractivity contribution in [2.24, 2.45) is 11.7 Å². The smallest absolute Gasteiger partial charge is 0.248 e. The Kier molecular flexibility index (Phi) is 5.14. The van der Waals surface area contributed by atoms with Gasteiger partial charge in [-0.25, -0.2) is 9.97 Å². The van der Waals surface area contributed by atoms with Crippen molar-refractivity contribution in [3.8, 4) is 0 Å². The average molecular weight is 471 g/mol. The third-order valence-electron chi connectivity index (χ3n) is 5.79. The van der Waals surface area contributed by atoms with Gasteiger partial charge in [0.1, 0.15) is 5.52 Å². The van der Waals surface area contributed by atoms with E-state index in [2.05, 4.69) is 25.3 Å². The molecule has 164 valence electrons. The maximum atomic E-state index is 12.8. The molecule has 32 heavy (non-hydrogen) atoms. The lowest BCUT2D eigenvalue weighted by Gasteiger charge is -2.28. The van der Waals surface area contributed by atoms with Gasteiger partial charge in [-0.1, -0.05) is 11.3 Å². The van der Waals surface area contributed by atoms with E-state index in [-0.39, 0.29) is 29.0 Å². The number of aromatic nitrogens is 5. The second kappa shape index (κ2) is 7.99. The Balaban J connectivity index is 1.26. The third-order valence-corrected chi connectivity index (χ3v) is 6.89. The number of nitrogens with two attached hydrogens (primary N) is 2. The molecule has 0 saturated heterocycles. The number of carbonyl (C=O) groups excluding carboxylic acids is 2. The molecule has 5 N–H and O–H groups in total. The van der Waals surface area contributed by atoms with E-state index in [1.807, 2.05) is 4.57 Å². The van der Waals surface area contributed by atoms with Crippen molar-refractivity contribution in [1.29, 1.82) is 0 Å². The summed E-state index contributed by atoms with van der Waals surface area (Å²) in [5, 5.41) is 3.52. The number of nitrogens with zero attached hydrogens (tertiary/aromatic N) is 5. The number of imidazole rings is 1. The number of amides is 2. The van der Waals surface area contributed by atoms with Crippen LogP contribution >= 0.6 is 22.9 Å². The van der Waals surface area contributed by atoms with E-state index in [4.69, 9.17) is 23.1 Å². The second-order valence-corrected chi connectivity index (χ2v) is 9.13. The van der Waals surface area contributed by atoms with Crippen LogP contribution in [0.5, 0.6) is 0 Å². The lowest BCUT2D eigenvalue weighted by atomic mass is 9.85. The fraction of sp³-hybridized carbons (Fsp3) is 0.300. The molecule has 0 unspecified atom stereocenters. The van der Waals surface area contributed by atoms with Crippen LogP contribution in [0, 0.1) is 5.92 Å². The molecule has 0 radical (unpaired) electrons. The number of carbonyl (C=O) groups is 2. The minimum atomic E-state index is -0.496. The van der Waals surface area contributed by atoms with Crippen LogP contribution in [0.1, 0.15) is 42.1 Å². The van der Waals surface area contributed by atoms with Gasteiger partial charge in [0, 0.05) is 17.5 Å². The summed E-state index contributed by atoms with van der Waals surface area (Å²) in [5.74, 6) is -0.407. The Morgan fingerprint density at radius 1 is 1.16 bits per heavy atom. The van der Waals surface area contributed by atoms with Crippen molar-refractivity contribution in [3.63, 3.8) is 0 Å². The van der Waals surface area contributed by atoms with Crippen molar-refractivity contribution in [1.82, 2.24) is 24.5 Å². The zero-order chi connectivity index (χ0) is 22.4. The van der Waals surface area contributed by atoms with E-state index in [9.17, 15) is 9.59 Å². The molecule has 5 rings (SSSR count). The molecule has 1 aromatic carbocycles. The maximum Gasteiger partial charge on any atom is 0.248 e. The SMILES string of the molecule is NC(=O)c1ccc2nc(NC(=O)C3CCC(n4cnc5c(N)nc(Cl)nc54)CC3)sc2c1. The molecule has 1 saturated carbocycles. The van der Waals surface area contributed by atoms with Crippen LogP contribution in [0.4, 0.5) is 10.9 Å². The zero-order valence-corrected chi connectivity index (χ0v) is 18.4. The minimum Gasteiger partial charge on any atom is -0.382 e. The Labute approximate surface area is 191 Å². The van der Waals surface area contributed by atoms with Gasteiger partial charge >= 0.3 is 0 Å². The van der Waals surface area contributed by atoms with E-state index >= 15 is 0 Å². The van der Waals surface area contributed by atoms with Gasteiger partial charge < -0.3 is 21.4 Å². The summed E-state index contributed by atoms with van der Waals surface area (Å²) in [6.07, 6.45) is 4.75. The molecule has 4 aromatic rings. The van der Waals surface area contributed by atoms with E-state index in [1.165, 1.54) is 11.3 Å². The summed E-state index contributed by atoms with van der Waals surface area (Å²) >= 11 is 7.28. The number of fused-ring (bicyclic) bond motifs is 2. The van der Waals surface area contributed by atoms with Crippen molar-refractivity contribution in [2.75, 3.05) is 11.1 Å². The molecular weight excluding hydrogens is 452 g/mol. The highest BCUT2D eigenvalue weighted by Crippen LogP contribution is 2.35. The fourth-order valence-electron chi connectivity index (χ4n) is 4.13. The van der Waals surface area contributed by atoms with E-state index in [1.54, 1.807) is 24.5 Å². The normalized spacial score (nSPS) is 18.8. The van der Waals surface area contributed by atoms with Gasteiger partial charge in [-0.2, -0.15) is 9.97 Å². The molecule has 1 aliphatic rings. The van der Waals surface area contributed by atoms with E-state index in [0.717, 1.165) is 30.4 Å². The molecule has 1 fully saturated rings. The highest BCUT2D eigenvalue weighted by Gasteiger charge is 2.29. The van der Waals surface area contributed by atoms with Crippen LogP contribution in [0.2, 0.25) is 5.28 Å². The largest absolute Gasteiger partial charge is 0.382 e. The highest BCUT2D eigenvalue weighted by molar-refractivity contribution is 7.22. The molecule has 2 amide bonds. The summed E-state index contributed by atoms with van der Waals surface area (Å²) < 4.78 is 2.77. The number of benzene rings is 1. The summed E-state index contributed by atoms with van der Waals surface area (Å²) in [5.41, 5.74) is 13.5. The number of rotatable bonds is 4. The Morgan fingerprint density at radius 2 is 1.94 bits per heavy atom. The molecule has 0 aliphatic heterocycles. The van der Waals surface area contributed by atoms with Crippen molar-refractivity contribution < 1.29 is 9.59 Å². The number of primary amides is 1. The Hall–Kier alpha value is -3.31. The van der Waals surface area contributed by atoms with E-state index in [0.29, 0.717) is 27.4 Å². The number of hydrogen-bond donors (Lipinski definition) is 3. The fourth-order valence-corrected chi connectivity index (χ4v) is 5.21. The Morgan fingerprint density at radius 3 is 2.69 bits per heavy atom. The average Bonchev–Trinajstić information content (AvgIpc) is 3.36. The van der Waals surface area contributed by atoms with Gasteiger partial charge in [-0.15, -0.1) is 0 Å². The standard InChI is InChI=1S/C20H19ClN8O2S/c21-19-26-15(22)14-17(27-19)29(8-24-14)11-4-1-9(2-5-11)18(31)28-20-25-12-6-3-10(16(23)30)7-13(12)32-20/h3,6-9,11H,1-2,4-5H2,(H2,23,30)(H2,22,26,27)(H,25,28,31).